The molecule has 5 nitrogen and oxygen atoms in total. The van der Waals surface area contributed by atoms with Crippen LogP contribution in [0.3, 0.4) is 0 Å². The van der Waals surface area contributed by atoms with Crippen LogP contribution in [0.2, 0.25) is 0 Å². The Kier molecular flexibility index (Phi) is 6.31. The Bertz CT molecular complexity index is 992. The summed E-state index contributed by atoms with van der Waals surface area (Å²) in [6.45, 7) is 10.5. The highest BCUT2D eigenvalue weighted by Gasteiger charge is 2.15. The topological polar surface area (TPSA) is 59.8 Å². The van der Waals surface area contributed by atoms with E-state index in [2.05, 4.69) is 28.2 Å². The molecule has 0 atom stereocenters. The maximum atomic E-state index is 12.4. The minimum Gasteiger partial charge on any atom is -0.325 e. The summed E-state index contributed by atoms with van der Waals surface area (Å²) in [5.41, 5.74) is 5.24. The monoisotopic (exact) mass is 392 g/mol. The Morgan fingerprint density at radius 2 is 1.82 bits per heavy atom. The van der Waals surface area contributed by atoms with Gasteiger partial charge in [0, 0.05) is 17.8 Å². The molecule has 0 fully saturated rings. The molecule has 2 aromatic carbocycles. The second kappa shape index (κ2) is 8.89. The van der Waals surface area contributed by atoms with Crippen molar-refractivity contribution < 1.29 is 4.79 Å². The molecule has 28 heavy (non-hydrogen) atoms. The van der Waals surface area contributed by atoms with Crippen LogP contribution in [0.1, 0.15) is 16.7 Å². The Morgan fingerprint density at radius 3 is 2.50 bits per heavy atom. The van der Waals surface area contributed by atoms with E-state index < -0.39 is 0 Å². The molecule has 0 bridgehead atoms. The van der Waals surface area contributed by atoms with Gasteiger partial charge in [-0.05, 0) is 32.4 Å². The number of hydrogen-bond donors (Lipinski definition) is 1. The van der Waals surface area contributed by atoms with Crippen LogP contribution in [0, 0.1) is 20.8 Å². The molecule has 6 heteroatoms. The van der Waals surface area contributed by atoms with Crippen molar-refractivity contribution in [1.82, 2.24) is 14.8 Å². The first-order chi connectivity index (χ1) is 13.5. The molecule has 144 valence electrons. The summed E-state index contributed by atoms with van der Waals surface area (Å²) in [6.07, 6.45) is 1.81. The molecule has 0 radical (unpaired) electrons. The molecule has 3 rings (SSSR count). The third-order valence-corrected chi connectivity index (χ3v) is 5.29. The minimum atomic E-state index is -0.0676. The maximum absolute atomic E-state index is 12.4. The van der Waals surface area contributed by atoms with Crippen molar-refractivity contribution in [2.24, 2.45) is 0 Å². The number of rotatable bonds is 7. The molecule has 0 spiro atoms. The van der Waals surface area contributed by atoms with Gasteiger partial charge in [-0.3, -0.25) is 9.36 Å². The van der Waals surface area contributed by atoms with Crippen molar-refractivity contribution in [3.05, 3.63) is 71.8 Å². The van der Waals surface area contributed by atoms with Gasteiger partial charge in [0.05, 0.1) is 5.75 Å². The van der Waals surface area contributed by atoms with Gasteiger partial charge in [-0.1, -0.05) is 65.4 Å². The fourth-order valence-electron chi connectivity index (χ4n) is 2.88. The molecule has 0 saturated carbocycles. The summed E-state index contributed by atoms with van der Waals surface area (Å²) in [5.74, 6) is 0.968. The summed E-state index contributed by atoms with van der Waals surface area (Å²) in [7, 11) is 0. The lowest BCUT2D eigenvalue weighted by molar-refractivity contribution is -0.113. The van der Waals surface area contributed by atoms with E-state index in [0.29, 0.717) is 11.7 Å². The van der Waals surface area contributed by atoms with Crippen LogP contribution < -0.4 is 5.32 Å². The van der Waals surface area contributed by atoms with E-state index in [1.807, 2.05) is 61.7 Å². The summed E-state index contributed by atoms with van der Waals surface area (Å²) in [4.78, 5) is 12.4. The van der Waals surface area contributed by atoms with Crippen molar-refractivity contribution in [1.29, 1.82) is 0 Å². The van der Waals surface area contributed by atoms with E-state index in [1.165, 1.54) is 22.9 Å². The molecule has 0 saturated heterocycles. The third-order valence-electron chi connectivity index (χ3n) is 4.33. The zero-order valence-corrected chi connectivity index (χ0v) is 17.2. The summed E-state index contributed by atoms with van der Waals surface area (Å²) >= 11 is 1.37. The molecule has 0 aliphatic heterocycles. The molecule has 0 unspecified atom stereocenters. The number of hydrogen-bond acceptors (Lipinski definition) is 4. The first-order valence-corrected chi connectivity index (χ1v) is 10.1. The van der Waals surface area contributed by atoms with Crippen LogP contribution in [-0.2, 0) is 11.3 Å². The van der Waals surface area contributed by atoms with Gasteiger partial charge >= 0.3 is 0 Å². The largest absolute Gasteiger partial charge is 0.325 e. The van der Waals surface area contributed by atoms with E-state index >= 15 is 0 Å². The zero-order valence-electron chi connectivity index (χ0n) is 16.4. The van der Waals surface area contributed by atoms with E-state index in [9.17, 15) is 4.79 Å². The van der Waals surface area contributed by atoms with Crippen LogP contribution in [0.5, 0.6) is 0 Å². The highest BCUT2D eigenvalue weighted by atomic mass is 32.2. The highest BCUT2D eigenvalue weighted by Crippen LogP contribution is 2.25. The highest BCUT2D eigenvalue weighted by molar-refractivity contribution is 7.99. The van der Waals surface area contributed by atoms with Gasteiger partial charge in [0.25, 0.3) is 0 Å². The molecule has 1 amide bonds. The van der Waals surface area contributed by atoms with Gasteiger partial charge in [0.1, 0.15) is 0 Å². The average Bonchev–Trinajstić information content (AvgIpc) is 3.06. The smallest absolute Gasteiger partial charge is 0.234 e. The number of thioether (sulfide) groups is 1. The molecule has 0 aliphatic rings. The van der Waals surface area contributed by atoms with Crippen LogP contribution in [-0.4, -0.2) is 26.4 Å². The lowest BCUT2D eigenvalue weighted by Gasteiger charge is -2.10. The number of carbonyl (C=O) groups excluding carboxylic acids is 1. The lowest BCUT2D eigenvalue weighted by atomic mass is 10.1. The molecule has 1 aromatic heterocycles. The van der Waals surface area contributed by atoms with Crippen molar-refractivity contribution in [2.75, 3.05) is 11.1 Å². The molecule has 3 aromatic rings. The first kappa shape index (κ1) is 19.9. The van der Waals surface area contributed by atoms with Gasteiger partial charge in [0.2, 0.25) is 5.91 Å². The normalized spacial score (nSPS) is 10.7. The molecule has 1 heterocycles. The number of allylic oxidation sites excluding steroid dienone is 1. The molecule has 0 aliphatic carbocycles. The number of aryl methyl sites for hydroxylation is 3. The second-order valence-corrected chi connectivity index (χ2v) is 7.67. The SMILES string of the molecule is C=CCn1c(SCC(=O)Nc2ccc(C)cc2C)nnc1-c1ccc(C)cc1. The van der Waals surface area contributed by atoms with Crippen LogP contribution in [0.4, 0.5) is 5.69 Å². The van der Waals surface area contributed by atoms with Crippen LogP contribution in [0.25, 0.3) is 11.4 Å². The number of nitrogens with zero attached hydrogens (tertiary/aromatic N) is 3. The lowest BCUT2D eigenvalue weighted by Crippen LogP contribution is -2.15. The van der Waals surface area contributed by atoms with E-state index in [4.69, 9.17) is 0 Å². The summed E-state index contributed by atoms with van der Waals surface area (Å²) < 4.78 is 1.98. The number of benzene rings is 2. The van der Waals surface area contributed by atoms with Crippen LogP contribution in [0.15, 0.2) is 60.3 Å². The van der Waals surface area contributed by atoms with Crippen molar-refractivity contribution >= 4 is 23.4 Å². The fourth-order valence-corrected chi connectivity index (χ4v) is 3.62. The number of carbonyl (C=O) groups is 1. The first-order valence-electron chi connectivity index (χ1n) is 9.09. The average molecular weight is 393 g/mol. The van der Waals surface area contributed by atoms with E-state index in [1.54, 1.807) is 6.08 Å². The number of anilines is 1. The fraction of sp³-hybridized carbons (Fsp3) is 0.227. The van der Waals surface area contributed by atoms with Gasteiger partial charge in [-0.15, -0.1) is 16.8 Å². The Hall–Kier alpha value is -2.86. The van der Waals surface area contributed by atoms with Crippen molar-refractivity contribution in [3.63, 3.8) is 0 Å². The Labute approximate surface area is 169 Å². The van der Waals surface area contributed by atoms with Gasteiger partial charge in [-0.2, -0.15) is 0 Å². The van der Waals surface area contributed by atoms with Crippen LogP contribution >= 0.6 is 11.8 Å². The Morgan fingerprint density at radius 1 is 1.11 bits per heavy atom. The van der Waals surface area contributed by atoms with Gasteiger partial charge in [0.15, 0.2) is 11.0 Å². The molecule has 1 N–H and O–H groups in total. The minimum absolute atomic E-state index is 0.0676. The van der Waals surface area contributed by atoms with Crippen molar-refractivity contribution in [2.45, 2.75) is 32.5 Å². The van der Waals surface area contributed by atoms with Gasteiger partial charge in [-0.25, -0.2) is 0 Å². The number of amides is 1. The number of aromatic nitrogens is 3. The van der Waals surface area contributed by atoms with Gasteiger partial charge < -0.3 is 5.32 Å². The standard InChI is InChI=1S/C22H24N4OS/c1-5-12-26-21(18-9-6-15(2)7-10-18)24-25-22(26)28-14-20(27)23-19-11-8-16(3)13-17(19)4/h5-11,13H,1,12,14H2,2-4H3,(H,23,27). The predicted molar refractivity (Wildman–Crippen MR) is 116 cm³/mol. The quantitative estimate of drug-likeness (QED) is 0.464. The zero-order chi connectivity index (χ0) is 20.1. The van der Waals surface area contributed by atoms with Crippen molar-refractivity contribution in [3.8, 4) is 11.4 Å². The Balaban J connectivity index is 1.72. The second-order valence-electron chi connectivity index (χ2n) is 6.73. The number of nitrogens with one attached hydrogen (secondary N) is 1. The summed E-state index contributed by atoms with van der Waals surface area (Å²) in [6, 6.07) is 14.1. The third kappa shape index (κ3) is 4.70. The molecular formula is C22H24N4OS. The molecular weight excluding hydrogens is 368 g/mol. The predicted octanol–water partition coefficient (Wildman–Crippen LogP) is 4.79. The summed E-state index contributed by atoms with van der Waals surface area (Å²) in [5, 5.41) is 12.3. The maximum Gasteiger partial charge on any atom is 0.234 e. The van der Waals surface area contributed by atoms with E-state index in [-0.39, 0.29) is 11.7 Å². The van der Waals surface area contributed by atoms with E-state index in [0.717, 1.165) is 22.6 Å².